The number of sulfonamides is 1. The van der Waals surface area contributed by atoms with Crippen LogP contribution in [0.25, 0.3) is 0 Å². The van der Waals surface area contributed by atoms with Crippen molar-refractivity contribution in [3.05, 3.63) is 34.7 Å². The molecule has 1 aromatic carbocycles. The molecule has 0 saturated heterocycles. The second kappa shape index (κ2) is 8.52. The quantitative estimate of drug-likeness (QED) is 0.636. The number of carbonyl (C=O) groups excluding carboxylic acids is 1. The van der Waals surface area contributed by atoms with Gasteiger partial charge in [-0.25, -0.2) is 18.3 Å². The smallest absolute Gasteiger partial charge is 0.325 e. The van der Waals surface area contributed by atoms with Crippen molar-refractivity contribution < 1.29 is 13.2 Å². The molecule has 1 amide bonds. The highest BCUT2D eigenvalue weighted by Gasteiger charge is 2.21. The van der Waals surface area contributed by atoms with Gasteiger partial charge in [-0.15, -0.1) is 5.10 Å². The molecule has 1 aromatic heterocycles. The standard InChI is InChI=1S/C15H21N5O4S2/c1-4-20(5-2)26(23,24)12-8-6-7-11(9-12)16-13(21)10-25-15-18-17-14(22)19(15)3/h6-9H,4-5,10H2,1-3H3,(H,16,21)(H,17,22). The van der Waals surface area contributed by atoms with Crippen molar-refractivity contribution in [1.29, 1.82) is 0 Å². The third-order valence-electron chi connectivity index (χ3n) is 3.63. The van der Waals surface area contributed by atoms with Gasteiger partial charge in [0, 0.05) is 25.8 Å². The molecule has 2 N–H and O–H groups in total. The summed E-state index contributed by atoms with van der Waals surface area (Å²) in [5, 5.41) is 9.14. The van der Waals surface area contributed by atoms with Crippen molar-refractivity contribution in [3.63, 3.8) is 0 Å². The van der Waals surface area contributed by atoms with E-state index in [9.17, 15) is 18.0 Å². The average molecular weight is 399 g/mol. The van der Waals surface area contributed by atoms with Gasteiger partial charge in [0.2, 0.25) is 15.9 Å². The lowest BCUT2D eigenvalue weighted by molar-refractivity contribution is -0.113. The van der Waals surface area contributed by atoms with Crippen LogP contribution in [-0.2, 0) is 21.9 Å². The maximum absolute atomic E-state index is 12.5. The van der Waals surface area contributed by atoms with Crippen molar-refractivity contribution in [3.8, 4) is 0 Å². The van der Waals surface area contributed by atoms with Gasteiger partial charge in [0.1, 0.15) is 0 Å². The molecule has 0 aliphatic carbocycles. The Morgan fingerprint density at radius 1 is 1.35 bits per heavy atom. The van der Waals surface area contributed by atoms with Crippen LogP contribution in [-0.4, -0.2) is 52.2 Å². The molecular formula is C15H21N5O4S2. The molecule has 9 nitrogen and oxygen atoms in total. The normalized spacial score (nSPS) is 11.7. The number of nitrogens with one attached hydrogen (secondary N) is 2. The zero-order valence-corrected chi connectivity index (χ0v) is 16.4. The molecule has 0 radical (unpaired) electrons. The summed E-state index contributed by atoms with van der Waals surface area (Å²) in [6, 6.07) is 6.13. The molecule has 2 rings (SSSR count). The fourth-order valence-electron chi connectivity index (χ4n) is 2.24. The van der Waals surface area contributed by atoms with Gasteiger partial charge >= 0.3 is 5.69 Å². The molecule has 0 saturated carbocycles. The van der Waals surface area contributed by atoms with E-state index in [1.807, 2.05) is 0 Å². The summed E-state index contributed by atoms with van der Waals surface area (Å²) >= 11 is 1.10. The number of H-pyrrole nitrogens is 1. The Kier molecular flexibility index (Phi) is 6.62. The number of hydrogen-bond acceptors (Lipinski definition) is 6. The first kappa shape index (κ1) is 20.2. The minimum Gasteiger partial charge on any atom is -0.325 e. The molecule has 142 valence electrons. The first-order chi connectivity index (χ1) is 12.3. The lowest BCUT2D eigenvalue weighted by Crippen LogP contribution is -2.30. The van der Waals surface area contributed by atoms with E-state index in [0.29, 0.717) is 23.9 Å². The van der Waals surface area contributed by atoms with Crippen LogP contribution in [0.5, 0.6) is 0 Å². The van der Waals surface area contributed by atoms with Gasteiger partial charge in [-0.2, -0.15) is 4.31 Å². The Morgan fingerprint density at radius 3 is 2.62 bits per heavy atom. The highest BCUT2D eigenvalue weighted by atomic mass is 32.2. The van der Waals surface area contributed by atoms with Gasteiger partial charge in [0.15, 0.2) is 5.16 Å². The van der Waals surface area contributed by atoms with Crippen LogP contribution in [0, 0.1) is 0 Å². The fourth-order valence-corrected chi connectivity index (χ4v) is 4.46. The number of amides is 1. The third kappa shape index (κ3) is 4.54. The highest BCUT2D eigenvalue weighted by molar-refractivity contribution is 7.99. The molecule has 0 spiro atoms. The van der Waals surface area contributed by atoms with Crippen molar-refractivity contribution in [2.45, 2.75) is 23.9 Å². The van der Waals surface area contributed by atoms with Crippen LogP contribution < -0.4 is 11.0 Å². The van der Waals surface area contributed by atoms with E-state index in [2.05, 4.69) is 15.5 Å². The SMILES string of the molecule is CCN(CC)S(=O)(=O)c1cccc(NC(=O)CSc2n[nH]c(=O)n2C)c1. The van der Waals surface area contributed by atoms with Crippen LogP contribution in [0.3, 0.4) is 0 Å². The topological polar surface area (TPSA) is 117 Å². The summed E-state index contributed by atoms with van der Waals surface area (Å²) in [5.74, 6) is -0.298. The highest BCUT2D eigenvalue weighted by Crippen LogP contribution is 2.20. The Bertz CT molecular complexity index is 932. The van der Waals surface area contributed by atoms with Crippen molar-refractivity contribution in [2.24, 2.45) is 7.05 Å². The lowest BCUT2D eigenvalue weighted by Gasteiger charge is -2.18. The van der Waals surface area contributed by atoms with E-state index >= 15 is 0 Å². The second-order valence-corrected chi connectivity index (χ2v) is 8.20. The first-order valence-electron chi connectivity index (χ1n) is 7.93. The molecule has 2 aromatic rings. The van der Waals surface area contributed by atoms with E-state index in [1.165, 1.54) is 21.0 Å². The summed E-state index contributed by atoms with van der Waals surface area (Å²) in [6.45, 7) is 4.28. The molecule has 0 bridgehead atoms. The molecule has 0 unspecified atom stereocenters. The zero-order valence-electron chi connectivity index (χ0n) is 14.7. The van der Waals surface area contributed by atoms with Crippen LogP contribution in [0.15, 0.2) is 39.1 Å². The third-order valence-corrected chi connectivity index (χ3v) is 6.71. The molecule has 0 atom stereocenters. The largest absolute Gasteiger partial charge is 0.343 e. The van der Waals surface area contributed by atoms with E-state index in [4.69, 9.17) is 0 Å². The number of rotatable bonds is 8. The second-order valence-electron chi connectivity index (χ2n) is 5.32. The minimum atomic E-state index is -3.59. The van der Waals surface area contributed by atoms with Gasteiger partial charge in [-0.1, -0.05) is 31.7 Å². The maximum Gasteiger partial charge on any atom is 0.343 e. The summed E-state index contributed by atoms with van der Waals surface area (Å²) in [7, 11) is -2.04. The van der Waals surface area contributed by atoms with Crippen molar-refractivity contribution in [1.82, 2.24) is 19.1 Å². The van der Waals surface area contributed by atoms with E-state index < -0.39 is 10.0 Å². The van der Waals surface area contributed by atoms with Gasteiger partial charge < -0.3 is 5.32 Å². The number of hydrogen-bond donors (Lipinski definition) is 2. The summed E-state index contributed by atoms with van der Waals surface area (Å²) < 4.78 is 27.7. The predicted octanol–water partition coefficient (Wildman–Crippen LogP) is 0.870. The molecule has 26 heavy (non-hydrogen) atoms. The first-order valence-corrected chi connectivity index (χ1v) is 10.4. The van der Waals surface area contributed by atoms with Crippen LogP contribution in [0.4, 0.5) is 5.69 Å². The van der Waals surface area contributed by atoms with Gasteiger partial charge in [0.25, 0.3) is 0 Å². The zero-order chi connectivity index (χ0) is 19.3. The van der Waals surface area contributed by atoms with Gasteiger partial charge in [-0.05, 0) is 18.2 Å². The van der Waals surface area contributed by atoms with Crippen molar-refractivity contribution >= 4 is 33.4 Å². The fraction of sp³-hybridized carbons (Fsp3) is 0.400. The number of aromatic amines is 1. The number of carbonyl (C=O) groups is 1. The number of nitrogens with zero attached hydrogens (tertiary/aromatic N) is 3. The molecule has 0 fully saturated rings. The van der Waals surface area contributed by atoms with Gasteiger partial charge in [-0.3, -0.25) is 9.36 Å². The minimum absolute atomic E-state index is 0.0329. The Balaban J connectivity index is 2.07. The van der Waals surface area contributed by atoms with Crippen molar-refractivity contribution in [2.75, 3.05) is 24.2 Å². The Morgan fingerprint density at radius 2 is 2.04 bits per heavy atom. The lowest BCUT2D eigenvalue weighted by atomic mass is 10.3. The number of anilines is 1. The number of thioether (sulfide) groups is 1. The van der Waals surface area contributed by atoms with Gasteiger partial charge in [0.05, 0.1) is 10.6 Å². The number of benzene rings is 1. The van der Waals surface area contributed by atoms with E-state index in [1.54, 1.807) is 33.0 Å². The molecular weight excluding hydrogens is 378 g/mol. The summed E-state index contributed by atoms with van der Waals surface area (Å²) in [5.41, 5.74) is 0.0296. The summed E-state index contributed by atoms with van der Waals surface area (Å²) in [6.07, 6.45) is 0. The molecule has 11 heteroatoms. The van der Waals surface area contributed by atoms with E-state index in [-0.39, 0.29) is 22.2 Å². The predicted molar refractivity (Wildman–Crippen MR) is 99.7 cm³/mol. The van der Waals surface area contributed by atoms with E-state index in [0.717, 1.165) is 11.8 Å². The molecule has 0 aliphatic heterocycles. The van der Waals surface area contributed by atoms with Crippen LogP contribution >= 0.6 is 11.8 Å². The average Bonchev–Trinajstić information content (AvgIpc) is 2.93. The Hall–Kier alpha value is -2.11. The number of aromatic nitrogens is 3. The monoisotopic (exact) mass is 399 g/mol. The van der Waals surface area contributed by atoms with Crippen LogP contribution in [0.2, 0.25) is 0 Å². The molecule has 0 aliphatic rings. The Labute approximate surface area is 155 Å². The van der Waals surface area contributed by atoms with Crippen LogP contribution in [0.1, 0.15) is 13.8 Å². The maximum atomic E-state index is 12.5. The summed E-state index contributed by atoms with van der Waals surface area (Å²) in [4.78, 5) is 23.5. The molecule has 1 heterocycles.